The lowest BCUT2D eigenvalue weighted by Gasteiger charge is -2.29. The van der Waals surface area contributed by atoms with Gasteiger partial charge < -0.3 is 14.5 Å². The zero-order chi connectivity index (χ0) is 20.9. The van der Waals surface area contributed by atoms with Crippen LogP contribution in [0.5, 0.6) is 0 Å². The van der Waals surface area contributed by atoms with E-state index in [0.717, 1.165) is 42.7 Å². The molecule has 1 saturated heterocycles. The number of carbonyl (C=O) groups excluding carboxylic acids is 2. The molecule has 6 heteroatoms. The van der Waals surface area contributed by atoms with Crippen molar-refractivity contribution in [2.45, 2.75) is 51.8 Å². The highest BCUT2D eigenvalue weighted by atomic mass is 32.1. The van der Waals surface area contributed by atoms with E-state index in [0.29, 0.717) is 19.6 Å². The Morgan fingerprint density at radius 2 is 1.83 bits per heavy atom. The van der Waals surface area contributed by atoms with Gasteiger partial charge in [-0.15, -0.1) is 11.3 Å². The lowest BCUT2D eigenvalue weighted by molar-refractivity contribution is -0.143. The molecule has 0 bridgehead atoms. The summed E-state index contributed by atoms with van der Waals surface area (Å²) < 4.78 is 5.75. The molecular weight excluding hydrogens is 396 g/mol. The third kappa shape index (κ3) is 5.70. The quantitative estimate of drug-likeness (QED) is 0.609. The van der Waals surface area contributed by atoms with E-state index in [2.05, 4.69) is 19.1 Å². The van der Waals surface area contributed by atoms with Gasteiger partial charge in [0.05, 0.1) is 19.2 Å². The molecule has 0 N–H and O–H groups in total. The first-order valence-corrected chi connectivity index (χ1v) is 11.7. The maximum Gasteiger partial charge on any atom is 0.242 e. The molecule has 2 aliphatic rings. The number of benzene rings is 1. The van der Waals surface area contributed by atoms with Crippen LogP contribution in [0.4, 0.5) is 0 Å². The lowest BCUT2D eigenvalue weighted by Crippen LogP contribution is -2.45. The van der Waals surface area contributed by atoms with Crippen LogP contribution in [-0.4, -0.2) is 47.4 Å². The van der Waals surface area contributed by atoms with Gasteiger partial charge in [-0.25, -0.2) is 0 Å². The van der Waals surface area contributed by atoms with Gasteiger partial charge in [0.1, 0.15) is 0 Å². The molecule has 1 saturated carbocycles. The van der Waals surface area contributed by atoms with Crippen LogP contribution >= 0.6 is 11.3 Å². The third-order valence-corrected chi connectivity index (χ3v) is 6.71. The molecule has 2 heterocycles. The van der Waals surface area contributed by atoms with Crippen molar-refractivity contribution >= 4 is 23.2 Å². The van der Waals surface area contributed by atoms with Gasteiger partial charge in [-0.05, 0) is 50.3 Å². The number of aryl methyl sites for hydroxylation is 1. The van der Waals surface area contributed by atoms with Crippen LogP contribution in [0.2, 0.25) is 0 Å². The molecule has 2 aromatic rings. The molecule has 2 amide bonds. The number of nitrogens with zero attached hydrogens (tertiary/aromatic N) is 2. The summed E-state index contributed by atoms with van der Waals surface area (Å²) in [6.07, 6.45) is 3.93. The van der Waals surface area contributed by atoms with Crippen LogP contribution in [0, 0.1) is 12.8 Å². The fourth-order valence-electron chi connectivity index (χ4n) is 3.91. The van der Waals surface area contributed by atoms with Gasteiger partial charge in [-0.1, -0.05) is 30.3 Å². The number of carbonyl (C=O) groups is 2. The Morgan fingerprint density at radius 3 is 2.47 bits per heavy atom. The van der Waals surface area contributed by atoms with Gasteiger partial charge >= 0.3 is 0 Å². The van der Waals surface area contributed by atoms with E-state index in [9.17, 15) is 9.59 Å². The van der Waals surface area contributed by atoms with E-state index in [1.165, 1.54) is 4.88 Å². The normalized spacial score (nSPS) is 18.4. The predicted octanol–water partition coefficient (Wildman–Crippen LogP) is 4.00. The predicted molar refractivity (Wildman–Crippen MR) is 118 cm³/mol. The molecule has 1 aliphatic heterocycles. The smallest absolute Gasteiger partial charge is 0.242 e. The van der Waals surface area contributed by atoms with Gasteiger partial charge in [-0.2, -0.15) is 0 Å². The minimum Gasteiger partial charge on any atom is -0.376 e. The Kier molecular flexibility index (Phi) is 6.85. The Balaban J connectivity index is 1.48. The monoisotopic (exact) mass is 426 g/mol. The summed E-state index contributed by atoms with van der Waals surface area (Å²) in [5.74, 6) is 0.212. The highest BCUT2D eigenvalue weighted by Crippen LogP contribution is 2.31. The summed E-state index contributed by atoms with van der Waals surface area (Å²) in [5.41, 5.74) is 1.10. The topological polar surface area (TPSA) is 49.9 Å². The highest BCUT2D eigenvalue weighted by molar-refractivity contribution is 7.11. The minimum atomic E-state index is -0.00287. The van der Waals surface area contributed by atoms with Crippen molar-refractivity contribution in [2.24, 2.45) is 5.92 Å². The second-order valence-corrected chi connectivity index (χ2v) is 9.75. The van der Waals surface area contributed by atoms with Crippen molar-refractivity contribution in [3.8, 4) is 0 Å². The Bertz CT molecular complexity index is 856. The molecule has 2 fully saturated rings. The standard InChI is InChI=1S/C24H30N2O3S/c1-18-9-12-22(30-18)16-25(14-19-6-3-2-4-7-19)23(27)17-26(24(28)20-10-11-20)15-21-8-5-13-29-21/h2-4,6-7,9,12,20-21H,5,8,10-11,13-17H2,1H3. The largest absolute Gasteiger partial charge is 0.376 e. The summed E-state index contributed by atoms with van der Waals surface area (Å²) in [6, 6.07) is 14.2. The van der Waals surface area contributed by atoms with E-state index in [-0.39, 0.29) is 30.4 Å². The molecular formula is C24H30N2O3S. The van der Waals surface area contributed by atoms with E-state index in [1.54, 1.807) is 16.2 Å². The summed E-state index contributed by atoms with van der Waals surface area (Å²) in [4.78, 5) is 32.3. The molecule has 5 nitrogen and oxygen atoms in total. The van der Waals surface area contributed by atoms with Crippen molar-refractivity contribution in [1.29, 1.82) is 0 Å². The Hall–Kier alpha value is -2.18. The zero-order valence-electron chi connectivity index (χ0n) is 17.6. The van der Waals surface area contributed by atoms with Gasteiger partial charge in [0.25, 0.3) is 0 Å². The molecule has 1 aromatic carbocycles. The molecule has 1 atom stereocenters. The number of hydrogen-bond donors (Lipinski definition) is 0. The van der Waals surface area contributed by atoms with E-state index >= 15 is 0 Å². The lowest BCUT2D eigenvalue weighted by atomic mass is 10.2. The summed E-state index contributed by atoms with van der Waals surface area (Å²) in [5, 5.41) is 0. The van der Waals surface area contributed by atoms with E-state index < -0.39 is 0 Å². The highest BCUT2D eigenvalue weighted by Gasteiger charge is 2.36. The first-order chi connectivity index (χ1) is 14.6. The van der Waals surface area contributed by atoms with E-state index in [4.69, 9.17) is 4.74 Å². The van der Waals surface area contributed by atoms with Crippen LogP contribution in [-0.2, 0) is 27.4 Å². The summed E-state index contributed by atoms with van der Waals surface area (Å²) >= 11 is 1.72. The number of amides is 2. The van der Waals surface area contributed by atoms with Crippen LogP contribution in [0.1, 0.15) is 41.0 Å². The van der Waals surface area contributed by atoms with Gasteiger partial charge in [-0.3, -0.25) is 9.59 Å². The fraction of sp³-hybridized carbons (Fsp3) is 0.500. The maximum atomic E-state index is 13.4. The van der Waals surface area contributed by atoms with Crippen molar-refractivity contribution in [3.05, 3.63) is 57.8 Å². The average molecular weight is 427 g/mol. The van der Waals surface area contributed by atoms with Gasteiger partial charge in [0.15, 0.2) is 0 Å². The molecule has 1 aliphatic carbocycles. The van der Waals surface area contributed by atoms with Crippen molar-refractivity contribution in [2.75, 3.05) is 19.7 Å². The number of hydrogen-bond acceptors (Lipinski definition) is 4. The van der Waals surface area contributed by atoms with Crippen LogP contribution in [0.25, 0.3) is 0 Å². The fourth-order valence-corrected chi connectivity index (χ4v) is 4.82. The molecule has 1 unspecified atom stereocenters. The number of thiophene rings is 1. The van der Waals surface area contributed by atoms with Crippen LogP contribution < -0.4 is 0 Å². The van der Waals surface area contributed by atoms with Crippen LogP contribution in [0.15, 0.2) is 42.5 Å². The summed E-state index contributed by atoms with van der Waals surface area (Å²) in [6.45, 7) is 4.60. The Labute approximate surface area is 182 Å². The molecule has 0 spiro atoms. The third-order valence-electron chi connectivity index (χ3n) is 5.72. The first kappa shape index (κ1) is 21.1. The molecule has 1 aromatic heterocycles. The van der Waals surface area contributed by atoms with Crippen LogP contribution in [0.3, 0.4) is 0 Å². The second-order valence-electron chi connectivity index (χ2n) is 8.38. The molecule has 0 radical (unpaired) electrons. The number of rotatable bonds is 9. The van der Waals surface area contributed by atoms with Crippen molar-refractivity contribution < 1.29 is 14.3 Å². The zero-order valence-corrected chi connectivity index (χ0v) is 18.4. The average Bonchev–Trinajstić information content (AvgIpc) is 3.32. The first-order valence-electron chi connectivity index (χ1n) is 10.9. The molecule has 160 valence electrons. The maximum absolute atomic E-state index is 13.4. The van der Waals surface area contributed by atoms with Gasteiger partial charge in [0, 0.05) is 35.4 Å². The van der Waals surface area contributed by atoms with Crippen molar-refractivity contribution in [3.63, 3.8) is 0 Å². The number of ether oxygens (including phenoxy) is 1. The Morgan fingerprint density at radius 1 is 1.03 bits per heavy atom. The van der Waals surface area contributed by atoms with E-state index in [1.807, 2.05) is 35.2 Å². The summed E-state index contributed by atoms with van der Waals surface area (Å²) in [7, 11) is 0. The van der Waals surface area contributed by atoms with Crippen molar-refractivity contribution in [1.82, 2.24) is 9.80 Å². The second kappa shape index (κ2) is 9.75. The molecule has 30 heavy (non-hydrogen) atoms. The minimum absolute atomic E-state index is 0.00287. The van der Waals surface area contributed by atoms with Gasteiger partial charge in [0.2, 0.25) is 11.8 Å². The molecule has 4 rings (SSSR count). The SMILES string of the molecule is Cc1ccc(CN(Cc2ccccc2)C(=O)CN(CC2CCCO2)C(=O)C2CC2)s1.